The van der Waals surface area contributed by atoms with E-state index in [-0.39, 0.29) is 0 Å². The van der Waals surface area contributed by atoms with E-state index in [0.717, 1.165) is 24.4 Å². The molecule has 0 amide bonds. The summed E-state index contributed by atoms with van der Waals surface area (Å²) < 4.78 is 0. The molecule has 2 N–H and O–H groups in total. The molecule has 0 saturated heterocycles. The number of H-pyrrole nitrogens is 1. The maximum Gasteiger partial charge on any atom is 0.0532 e. The van der Waals surface area contributed by atoms with Crippen LogP contribution in [0.5, 0.6) is 0 Å². The quantitative estimate of drug-likeness (QED) is 0.730. The lowest BCUT2D eigenvalue weighted by Gasteiger charge is -2.12. The normalized spacial score (nSPS) is 36.2. The highest BCUT2D eigenvalue weighted by Gasteiger charge is 2.47. The van der Waals surface area contributed by atoms with Gasteiger partial charge < -0.3 is 5.32 Å². The summed E-state index contributed by atoms with van der Waals surface area (Å²) in [4.78, 5) is 0. The second kappa shape index (κ2) is 2.84. The zero-order valence-corrected chi connectivity index (χ0v) is 7.66. The molecule has 0 bridgehead atoms. The highest BCUT2D eigenvalue weighted by molar-refractivity contribution is 5.05. The smallest absolute Gasteiger partial charge is 0.0532 e. The summed E-state index contributed by atoms with van der Waals surface area (Å²) in [5.74, 6) is 2.08. The number of nitrogens with one attached hydrogen (secondary N) is 2. The van der Waals surface area contributed by atoms with Crippen molar-refractivity contribution in [2.24, 2.45) is 11.8 Å². The van der Waals surface area contributed by atoms with E-state index in [9.17, 15) is 0 Å². The van der Waals surface area contributed by atoms with Gasteiger partial charge in [0.15, 0.2) is 0 Å². The second-order valence-corrected chi connectivity index (χ2v) is 4.33. The molecule has 0 spiro atoms. The van der Waals surface area contributed by atoms with E-state index >= 15 is 0 Å². The third-order valence-corrected chi connectivity index (χ3v) is 3.47. The Hall–Kier alpha value is -0.830. The summed E-state index contributed by atoms with van der Waals surface area (Å²) in [6.07, 6.45) is 8.17. The van der Waals surface area contributed by atoms with Crippen LogP contribution in [0.25, 0.3) is 0 Å². The SMILES string of the molecule is c1n[nH]cc1CNC1CCC2CC21. The number of aromatic amines is 1. The minimum atomic E-state index is 0.792. The van der Waals surface area contributed by atoms with E-state index in [1.54, 1.807) is 0 Å². The Morgan fingerprint density at radius 3 is 3.15 bits per heavy atom. The molecule has 70 valence electrons. The molecule has 1 aromatic heterocycles. The Balaban J connectivity index is 1.53. The van der Waals surface area contributed by atoms with Crippen LogP contribution in [-0.2, 0) is 6.54 Å². The summed E-state index contributed by atoms with van der Waals surface area (Å²) in [6, 6.07) is 0.792. The highest BCUT2D eigenvalue weighted by atomic mass is 15.1. The van der Waals surface area contributed by atoms with Crippen LogP contribution in [0.4, 0.5) is 0 Å². The standard InChI is InChI=1S/C10H15N3/c1-2-10(9-3-8(1)9)11-4-7-5-12-13-6-7/h5-6,8-11H,1-4H2,(H,12,13). The molecule has 1 heterocycles. The van der Waals surface area contributed by atoms with E-state index in [0.29, 0.717) is 0 Å². The van der Waals surface area contributed by atoms with Crippen LogP contribution < -0.4 is 5.32 Å². The largest absolute Gasteiger partial charge is 0.310 e. The second-order valence-electron chi connectivity index (χ2n) is 4.33. The lowest BCUT2D eigenvalue weighted by atomic mass is 10.1. The first kappa shape index (κ1) is 7.56. The van der Waals surface area contributed by atoms with Gasteiger partial charge in [0.05, 0.1) is 6.20 Å². The van der Waals surface area contributed by atoms with E-state index in [2.05, 4.69) is 15.5 Å². The summed E-state index contributed by atoms with van der Waals surface area (Å²) in [6.45, 7) is 0.977. The van der Waals surface area contributed by atoms with Gasteiger partial charge in [0.2, 0.25) is 0 Å². The molecule has 3 heteroatoms. The van der Waals surface area contributed by atoms with Crippen LogP contribution in [0.1, 0.15) is 24.8 Å². The van der Waals surface area contributed by atoms with Gasteiger partial charge in [-0.2, -0.15) is 5.10 Å². The van der Waals surface area contributed by atoms with Gasteiger partial charge in [0, 0.05) is 24.3 Å². The Kier molecular flexibility index (Phi) is 1.65. The summed E-state index contributed by atoms with van der Waals surface area (Å²) in [5.41, 5.74) is 1.27. The van der Waals surface area contributed by atoms with Crippen molar-refractivity contribution in [3.05, 3.63) is 18.0 Å². The summed E-state index contributed by atoms with van der Waals surface area (Å²) >= 11 is 0. The molecule has 3 nitrogen and oxygen atoms in total. The molecular weight excluding hydrogens is 162 g/mol. The zero-order chi connectivity index (χ0) is 8.67. The van der Waals surface area contributed by atoms with Crippen LogP contribution in [0.3, 0.4) is 0 Å². The predicted molar refractivity (Wildman–Crippen MR) is 50.0 cm³/mol. The highest BCUT2D eigenvalue weighted by Crippen LogP contribution is 2.51. The van der Waals surface area contributed by atoms with Crippen LogP contribution >= 0.6 is 0 Å². The number of rotatable bonds is 3. The van der Waals surface area contributed by atoms with Crippen molar-refractivity contribution in [2.45, 2.75) is 31.8 Å². The maximum atomic E-state index is 3.93. The Morgan fingerprint density at radius 1 is 1.54 bits per heavy atom. The van der Waals surface area contributed by atoms with Gasteiger partial charge >= 0.3 is 0 Å². The van der Waals surface area contributed by atoms with E-state index in [1.807, 2.05) is 12.4 Å². The fourth-order valence-corrected chi connectivity index (χ4v) is 2.58. The van der Waals surface area contributed by atoms with Gasteiger partial charge in [-0.3, -0.25) is 5.10 Å². The Bertz CT molecular complexity index is 280. The molecule has 0 radical (unpaired) electrons. The van der Waals surface area contributed by atoms with Crippen molar-refractivity contribution >= 4 is 0 Å². The van der Waals surface area contributed by atoms with Crippen molar-refractivity contribution in [1.29, 1.82) is 0 Å². The fraction of sp³-hybridized carbons (Fsp3) is 0.700. The third kappa shape index (κ3) is 1.37. The molecule has 1 aromatic rings. The van der Waals surface area contributed by atoms with Gasteiger partial charge in [0.25, 0.3) is 0 Å². The molecule has 0 aromatic carbocycles. The first-order valence-electron chi connectivity index (χ1n) is 5.14. The van der Waals surface area contributed by atoms with Crippen molar-refractivity contribution in [3.63, 3.8) is 0 Å². The topological polar surface area (TPSA) is 40.7 Å². The average molecular weight is 177 g/mol. The monoisotopic (exact) mass is 177 g/mol. The molecule has 3 unspecified atom stereocenters. The van der Waals surface area contributed by atoms with Crippen LogP contribution in [0.2, 0.25) is 0 Å². The first-order valence-corrected chi connectivity index (χ1v) is 5.14. The molecule has 3 rings (SSSR count). The van der Waals surface area contributed by atoms with E-state index in [4.69, 9.17) is 0 Å². The molecular formula is C10H15N3. The molecule has 0 aliphatic heterocycles. The zero-order valence-electron chi connectivity index (χ0n) is 7.66. The summed E-state index contributed by atoms with van der Waals surface area (Å²) in [7, 11) is 0. The number of hydrogen-bond donors (Lipinski definition) is 2. The van der Waals surface area contributed by atoms with E-state index < -0.39 is 0 Å². The van der Waals surface area contributed by atoms with Crippen LogP contribution in [0, 0.1) is 11.8 Å². The van der Waals surface area contributed by atoms with Gasteiger partial charge in [0.1, 0.15) is 0 Å². The van der Waals surface area contributed by atoms with Crippen molar-refractivity contribution in [3.8, 4) is 0 Å². The first-order chi connectivity index (χ1) is 6.43. The van der Waals surface area contributed by atoms with Gasteiger partial charge in [-0.1, -0.05) is 0 Å². The van der Waals surface area contributed by atoms with Crippen LogP contribution in [-0.4, -0.2) is 16.2 Å². The third-order valence-electron chi connectivity index (χ3n) is 3.47. The lowest BCUT2D eigenvalue weighted by Crippen LogP contribution is -2.28. The van der Waals surface area contributed by atoms with Crippen molar-refractivity contribution in [1.82, 2.24) is 15.5 Å². The molecule has 2 aliphatic carbocycles. The molecule has 2 aliphatic rings. The minimum Gasteiger partial charge on any atom is -0.310 e. The number of aromatic nitrogens is 2. The fourth-order valence-electron chi connectivity index (χ4n) is 2.58. The van der Waals surface area contributed by atoms with Gasteiger partial charge in [-0.15, -0.1) is 0 Å². The molecule has 2 saturated carbocycles. The van der Waals surface area contributed by atoms with Gasteiger partial charge in [-0.25, -0.2) is 0 Å². The number of fused-ring (bicyclic) bond motifs is 1. The van der Waals surface area contributed by atoms with Gasteiger partial charge in [-0.05, 0) is 31.1 Å². The lowest BCUT2D eigenvalue weighted by molar-refractivity contribution is 0.474. The average Bonchev–Trinajstić information content (AvgIpc) is 2.64. The summed E-state index contributed by atoms with van der Waals surface area (Å²) in [5, 5.41) is 10.4. The number of nitrogens with zero attached hydrogens (tertiary/aromatic N) is 1. The molecule has 3 atom stereocenters. The predicted octanol–water partition coefficient (Wildman–Crippen LogP) is 1.30. The van der Waals surface area contributed by atoms with E-state index in [1.165, 1.54) is 24.8 Å². The Morgan fingerprint density at radius 2 is 2.54 bits per heavy atom. The molecule has 13 heavy (non-hydrogen) atoms. The minimum absolute atomic E-state index is 0.792. The number of hydrogen-bond acceptors (Lipinski definition) is 2. The Labute approximate surface area is 77.9 Å². The molecule has 2 fully saturated rings. The van der Waals surface area contributed by atoms with Crippen molar-refractivity contribution in [2.75, 3.05) is 0 Å². The van der Waals surface area contributed by atoms with Crippen molar-refractivity contribution < 1.29 is 0 Å². The van der Waals surface area contributed by atoms with Crippen LogP contribution in [0.15, 0.2) is 12.4 Å². The maximum absolute atomic E-state index is 3.93.